The number of hydrogen-bond acceptors (Lipinski definition) is 5. The highest BCUT2D eigenvalue weighted by molar-refractivity contribution is 6.32. The Labute approximate surface area is 281 Å². The van der Waals surface area contributed by atoms with E-state index < -0.39 is 35.0 Å². The van der Waals surface area contributed by atoms with Crippen LogP contribution in [0.1, 0.15) is 29.9 Å². The van der Waals surface area contributed by atoms with Crippen molar-refractivity contribution < 1.29 is 24.3 Å². The Morgan fingerprint density at radius 3 is 2.11 bits per heavy atom. The standard InChI is InChI=1S/C38H28Cl2N2O5/c39-23-11-13-25(14-12-23)41-34(44)29-18-17-28-30(32(29)36(41)46)20-31-35(45)42(26-8-4-7-24(40)19-26)37(47)38(31,22-5-2-1-3-6-22)33(28)21-9-15-27(43)16-10-21/h1-17,19,29-33,43H,18,20H2. The summed E-state index contributed by atoms with van der Waals surface area (Å²) in [6, 6.07) is 29.3. The molecule has 4 aliphatic rings. The highest BCUT2D eigenvalue weighted by Gasteiger charge is 2.70. The summed E-state index contributed by atoms with van der Waals surface area (Å²) in [4.78, 5) is 60.6. The third-order valence-corrected chi connectivity index (χ3v) is 11.0. The number of hydrogen-bond donors (Lipinski definition) is 1. The number of phenols is 1. The summed E-state index contributed by atoms with van der Waals surface area (Å²) in [6.07, 6.45) is 2.53. The van der Waals surface area contributed by atoms with E-state index in [1.807, 2.05) is 36.4 Å². The number of halogens is 2. The third kappa shape index (κ3) is 4.26. The van der Waals surface area contributed by atoms with E-state index >= 15 is 4.79 Å². The van der Waals surface area contributed by atoms with Crippen molar-refractivity contribution in [3.8, 4) is 5.75 Å². The van der Waals surface area contributed by atoms with Crippen LogP contribution in [0.15, 0.2) is 115 Å². The molecule has 2 heterocycles. The van der Waals surface area contributed by atoms with E-state index in [0.717, 1.165) is 11.1 Å². The van der Waals surface area contributed by atoms with Gasteiger partial charge in [-0.3, -0.25) is 24.1 Å². The van der Waals surface area contributed by atoms with E-state index in [1.165, 1.54) is 9.80 Å². The smallest absolute Gasteiger partial charge is 0.246 e. The molecule has 4 aromatic carbocycles. The maximum Gasteiger partial charge on any atom is 0.246 e. The predicted octanol–water partition coefficient (Wildman–Crippen LogP) is 7.07. The zero-order valence-electron chi connectivity index (χ0n) is 24.9. The number of allylic oxidation sites excluding steroid dienone is 2. The van der Waals surface area contributed by atoms with Gasteiger partial charge in [0.25, 0.3) is 0 Å². The second-order valence-corrected chi connectivity index (χ2v) is 13.5. The first-order valence-electron chi connectivity index (χ1n) is 15.5. The number of carbonyl (C=O) groups excluding carboxylic acids is 4. The molecular weight excluding hydrogens is 635 g/mol. The van der Waals surface area contributed by atoms with Crippen LogP contribution in [0.2, 0.25) is 10.0 Å². The highest BCUT2D eigenvalue weighted by atomic mass is 35.5. The fourth-order valence-electron chi connectivity index (χ4n) is 8.63. The molecule has 47 heavy (non-hydrogen) atoms. The monoisotopic (exact) mass is 662 g/mol. The van der Waals surface area contributed by atoms with Gasteiger partial charge in [-0.1, -0.05) is 83.4 Å². The minimum Gasteiger partial charge on any atom is -0.508 e. The van der Waals surface area contributed by atoms with E-state index in [0.29, 0.717) is 33.4 Å². The third-order valence-electron chi connectivity index (χ3n) is 10.5. The van der Waals surface area contributed by atoms with Crippen LogP contribution < -0.4 is 9.80 Å². The molecule has 1 saturated carbocycles. The Kier molecular flexibility index (Phi) is 6.90. The van der Waals surface area contributed by atoms with Crippen molar-refractivity contribution in [3.05, 3.63) is 136 Å². The Hall–Kier alpha value is -4.72. The molecule has 2 aliphatic carbocycles. The van der Waals surface area contributed by atoms with Crippen LogP contribution in [0.25, 0.3) is 0 Å². The largest absolute Gasteiger partial charge is 0.508 e. The first-order chi connectivity index (χ1) is 22.7. The summed E-state index contributed by atoms with van der Waals surface area (Å²) in [5, 5.41) is 11.1. The van der Waals surface area contributed by atoms with Gasteiger partial charge in [-0.25, -0.2) is 4.90 Å². The highest BCUT2D eigenvalue weighted by Crippen LogP contribution is 2.64. The molecule has 9 heteroatoms. The molecule has 0 aromatic heterocycles. The normalized spacial score (nSPS) is 28.2. The molecule has 8 rings (SSSR count). The van der Waals surface area contributed by atoms with Crippen molar-refractivity contribution in [2.45, 2.75) is 24.2 Å². The van der Waals surface area contributed by atoms with Crippen LogP contribution in [0, 0.1) is 23.7 Å². The van der Waals surface area contributed by atoms with Crippen LogP contribution in [-0.2, 0) is 24.6 Å². The van der Waals surface area contributed by atoms with Crippen LogP contribution in [0.4, 0.5) is 11.4 Å². The van der Waals surface area contributed by atoms with Gasteiger partial charge in [-0.2, -0.15) is 0 Å². The number of phenolic OH excluding ortho intramolecular Hbond substituents is 1. The molecule has 2 aliphatic heterocycles. The summed E-state index contributed by atoms with van der Waals surface area (Å²) in [5.41, 5.74) is 1.72. The van der Waals surface area contributed by atoms with E-state index in [1.54, 1.807) is 72.8 Å². The van der Waals surface area contributed by atoms with Gasteiger partial charge in [-0.15, -0.1) is 0 Å². The molecule has 0 spiro atoms. The molecule has 6 atom stereocenters. The molecule has 0 bridgehead atoms. The van der Waals surface area contributed by atoms with E-state index in [-0.39, 0.29) is 35.8 Å². The van der Waals surface area contributed by atoms with Crippen molar-refractivity contribution in [1.29, 1.82) is 0 Å². The lowest BCUT2D eigenvalue weighted by Gasteiger charge is -2.50. The van der Waals surface area contributed by atoms with Crippen LogP contribution >= 0.6 is 23.2 Å². The summed E-state index contributed by atoms with van der Waals surface area (Å²) in [5.74, 6) is -4.62. The van der Waals surface area contributed by atoms with Crippen molar-refractivity contribution in [1.82, 2.24) is 0 Å². The Morgan fingerprint density at radius 1 is 0.681 bits per heavy atom. The topological polar surface area (TPSA) is 95.0 Å². The van der Waals surface area contributed by atoms with Gasteiger partial charge in [0.1, 0.15) is 5.75 Å². The number of anilines is 2. The van der Waals surface area contributed by atoms with E-state index in [2.05, 4.69) is 0 Å². The number of amides is 4. The average molecular weight is 664 g/mol. The zero-order chi connectivity index (χ0) is 32.6. The number of aromatic hydroxyl groups is 1. The van der Waals surface area contributed by atoms with Crippen molar-refractivity contribution >= 4 is 58.2 Å². The number of carbonyl (C=O) groups is 4. The first kappa shape index (κ1) is 29.7. The van der Waals surface area contributed by atoms with E-state index in [4.69, 9.17) is 23.2 Å². The van der Waals surface area contributed by atoms with Gasteiger partial charge in [0.15, 0.2) is 0 Å². The summed E-state index contributed by atoms with van der Waals surface area (Å²) < 4.78 is 0. The molecule has 0 radical (unpaired) electrons. The summed E-state index contributed by atoms with van der Waals surface area (Å²) in [6.45, 7) is 0. The Balaban J connectivity index is 1.34. The minimum absolute atomic E-state index is 0.0636. The van der Waals surface area contributed by atoms with Gasteiger partial charge in [0.05, 0.1) is 34.5 Å². The molecular formula is C38H28Cl2N2O5. The number of fused-ring (bicyclic) bond motifs is 4. The number of benzene rings is 4. The van der Waals surface area contributed by atoms with Crippen LogP contribution in [0.3, 0.4) is 0 Å². The minimum atomic E-state index is -1.37. The van der Waals surface area contributed by atoms with Crippen molar-refractivity contribution in [3.63, 3.8) is 0 Å². The molecule has 3 fully saturated rings. The Morgan fingerprint density at radius 2 is 1.40 bits per heavy atom. The quantitative estimate of drug-likeness (QED) is 0.186. The van der Waals surface area contributed by atoms with Crippen molar-refractivity contribution in [2.24, 2.45) is 23.7 Å². The molecule has 2 saturated heterocycles. The van der Waals surface area contributed by atoms with Gasteiger partial charge >= 0.3 is 0 Å². The molecule has 7 nitrogen and oxygen atoms in total. The predicted molar refractivity (Wildman–Crippen MR) is 178 cm³/mol. The number of imide groups is 2. The molecule has 234 valence electrons. The lowest BCUT2D eigenvalue weighted by atomic mass is 9.49. The first-order valence-corrected chi connectivity index (χ1v) is 16.3. The van der Waals surface area contributed by atoms with E-state index in [9.17, 15) is 19.5 Å². The number of rotatable bonds is 4. The van der Waals surface area contributed by atoms with Gasteiger partial charge < -0.3 is 5.11 Å². The number of nitrogens with zero attached hydrogens (tertiary/aromatic N) is 2. The van der Waals surface area contributed by atoms with Gasteiger partial charge in [-0.05, 0) is 84.5 Å². The molecule has 4 amide bonds. The van der Waals surface area contributed by atoms with Crippen molar-refractivity contribution in [2.75, 3.05) is 9.80 Å². The van der Waals surface area contributed by atoms with Gasteiger partial charge in [0, 0.05) is 16.0 Å². The summed E-state index contributed by atoms with van der Waals surface area (Å²) in [7, 11) is 0. The fourth-order valence-corrected chi connectivity index (χ4v) is 8.94. The van der Waals surface area contributed by atoms with Crippen LogP contribution in [-0.4, -0.2) is 28.7 Å². The zero-order valence-corrected chi connectivity index (χ0v) is 26.4. The Bertz CT molecular complexity index is 1990. The SMILES string of the molecule is O=C1C2CC=C3C(CC4C(=O)N(c5cccc(Cl)c5)C(=O)C4(c4ccccc4)C3c3ccc(O)cc3)C2C(=O)N1c1ccc(Cl)cc1. The maximum absolute atomic E-state index is 15.2. The molecule has 1 N–H and O–H groups in total. The lowest BCUT2D eigenvalue weighted by molar-refractivity contribution is -0.127. The molecule has 6 unspecified atom stereocenters. The second kappa shape index (κ2) is 10.9. The van der Waals surface area contributed by atoms with Gasteiger partial charge in [0.2, 0.25) is 23.6 Å². The molecule has 4 aromatic rings. The average Bonchev–Trinajstić information content (AvgIpc) is 3.47. The maximum atomic E-state index is 15.2. The summed E-state index contributed by atoms with van der Waals surface area (Å²) >= 11 is 12.5. The van der Waals surface area contributed by atoms with Crippen LogP contribution in [0.5, 0.6) is 5.75 Å². The fraction of sp³-hybridized carbons (Fsp3) is 0.211. The second-order valence-electron chi connectivity index (χ2n) is 12.7. The lowest BCUT2D eigenvalue weighted by Crippen LogP contribution is -2.53.